The van der Waals surface area contributed by atoms with Crippen LogP contribution in [-0.2, 0) is 4.74 Å². The average molecular weight is 236 g/mol. The van der Waals surface area contributed by atoms with Gasteiger partial charge in [-0.2, -0.15) is 0 Å². The Bertz CT molecular complexity index is 369. The fourth-order valence-electron chi connectivity index (χ4n) is 1.99. The molecule has 4 heteroatoms. The number of rotatable bonds is 3. The highest BCUT2D eigenvalue weighted by Gasteiger charge is 2.16. The van der Waals surface area contributed by atoms with Gasteiger partial charge in [0.05, 0.1) is 25.8 Å². The molecule has 0 spiro atoms. The number of hydrogen-bond acceptors (Lipinski definition) is 3. The first-order chi connectivity index (χ1) is 8.29. The first-order valence-electron chi connectivity index (χ1n) is 5.96. The van der Waals surface area contributed by atoms with Gasteiger partial charge >= 0.3 is 5.97 Å². The molecule has 0 amide bonds. The zero-order valence-corrected chi connectivity index (χ0v) is 10.0. The van der Waals surface area contributed by atoms with Crippen LogP contribution in [0, 0.1) is 0 Å². The lowest BCUT2D eigenvalue weighted by molar-refractivity contribution is -0.664. The monoisotopic (exact) mass is 236 g/mol. The number of ether oxygens (including phenoxy) is 2. The van der Waals surface area contributed by atoms with Gasteiger partial charge in [0.1, 0.15) is 11.9 Å². The second-order valence-corrected chi connectivity index (χ2v) is 4.20. The second kappa shape index (κ2) is 5.68. The summed E-state index contributed by atoms with van der Waals surface area (Å²) in [6.45, 7) is 2.26. The van der Waals surface area contributed by atoms with Gasteiger partial charge in [0.25, 0.3) is 0 Å². The smallest absolute Gasteiger partial charge is 0.337 e. The van der Waals surface area contributed by atoms with E-state index < -0.39 is 0 Å². The maximum Gasteiger partial charge on any atom is 0.337 e. The number of quaternary nitrogens is 1. The normalized spacial score (nSPS) is 16.5. The van der Waals surface area contributed by atoms with Crippen molar-refractivity contribution in [2.75, 3.05) is 20.2 Å². The lowest BCUT2D eigenvalue weighted by atomic mass is 10.1. The topological polar surface area (TPSA) is 52.1 Å². The zero-order chi connectivity index (χ0) is 12.1. The van der Waals surface area contributed by atoms with Gasteiger partial charge < -0.3 is 14.8 Å². The van der Waals surface area contributed by atoms with E-state index in [0.29, 0.717) is 11.7 Å². The Balaban J connectivity index is 1.95. The largest absolute Gasteiger partial charge is 0.490 e. The molecule has 0 radical (unpaired) electrons. The molecule has 1 saturated heterocycles. The Labute approximate surface area is 101 Å². The number of carbonyl (C=O) groups is 1. The van der Waals surface area contributed by atoms with Gasteiger partial charge in [-0.15, -0.1) is 0 Å². The van der Waals surface area contributed by atoms with Crippen LogP contribution in [0.4, 0.5) is 0 Å². The van der Waals surface area contributed by atoms with Crippen LogP contribution >= 0.6 is 0 Å². The molecular weight excluding hydrogens is 218 g/mol. The summed E-state index contributed by atoms with van der Waals surface area (Å²) in [6.07, 6.45) is 2.47. The minimum absolute atomic E-state index is 0.309. The third-order valence-corrected chi connectivity index (χ3v) is 2.96. The second-order valence-electron chi connectivity index (χ2n) is 4.20. The highest BCUT2D eigenvalue weighted by Crippen LogP contribution is 2.16. The van der Waals surface area contributed by atoms with Crippen LogP contribution in [0.5, 0.6) is 5.75 Å². The van der Waals surface area contributed by atoms with E-state index in [2.05, 4.69) is 10.1 Å². The molecule has 0 atom stereocenters. The molecule has 92 valence electrons. The van der Waals surface area contributed by atoms with Crippen molar-refractivity contribution in [3.05, 3.63) is 29.8 Å². The van der Waals surface area contributed by atoms with Gasteiger partial charge in [-0.1, -0.05) is 0 Å². The van der Waals surface area contributed by atoms with Gasteiger partial charge in [0, 0.05) is 12.8 Å². The molecular formula is C13H18NO3+. The molecule has 0 aromatic heterocycles. The summed E-state index contributed by atoms with van der Waals surface area (Å²) in [5.74, 6) is 0.508. The number of piperidine rings is 1. The summed E-state index contributed by atoms with van der Waals surface area (Å²) in [7, 11) is 1.38. The molecule has 4 nitrogen and oxygen atoms in total. The van der Waals surface area contributed by atoms with Gasteiger partial charge in [-0.05, 0) is 24.3 Å². The van der Waals surface area contributed by atoms with Crippen molar-refractivity contribution in [2.24, 2.45) is 0 Å². The number of nitrogens with two attached hydrogens (primary N) is 1. The predicted octanol–water partition coefficient (Wildman–Crippen LogP) is 0.578. The molecule has 2 N–H and O–H groups in total. The number of methoxy groups -OCH3 is 1. The van der Waals surface area contributed by atoms with Crippen molar-refractivity contribution in [3.63, 3.8) is 0 Å². The van der Waals surface area contributed by atoms with Crippen molar-refractivity contribution in [1.29, 1.82) is 0 Å². The van der Waals surface area contributed by atoms with Crippen LogP contribution < -0.4 is 10.1 Å². The molecule has 1 aromatic carbocycles. The van der Waals surface area contributed by atoms with Gasteiger partial charge in [-0.25, -0.2) is 4.79 Å². The van der Waals surface area contributed by atoms with Crippen molar-refractivity contribution >= 4 is 5.97 Å². The summed E-state index contributed by atoms with van der Waals surface area (Å²) in [5, 5.41) is 2.31. The van der Waals surface area contributed by atoms with Crippen molar-refractivity contribution < 1.29 is 19.6 Å². The summed E-state index contributed by atoms with van der Waals surface area (Å²) in [6, 6.07) is 7.11. The molecule has 1 fully saturated rings. The average Bonchev–Trinajstić information content (AvgIpc) is 2.40. The fraction of sp³-hybridized carbons (Fsp3) is 0.462. The van der Waals surface area contributed by atoms with Crippen LogP contribution in [0.1, 0.15) is 23.2 Å². The summed E-state index contributed by atoms with van der Waals surface area (Å²) >= 11 is 0. The Morgan fingerprint density at radius 3 is 2.47 bits per heavy atom. The van der Waals surface area contributed by atoms with E-state index >= 15 is 0 Å². The van der Waals surface area contributed by atoms with Crippen molar-refractivity contribution in [3.8, 4) is 5.75 Å². The van der Waals surface area contributed by atoms with Crippen LogP contribution in [0.25, 0.3) is 0 Å². The minimum atomic E-state index is -0.316. The van der Waals surface area contributed by atoms with Crippen LogP contribution in [0.2, 0.25) is 0 Å². The van der Waals surface area contributed by atoms with Crippen LogP contribution in [0.15, 0.2) is 24.3 Å². The molecule has 1 aliphatic rings. The van der Waals surface area contributed by atoms with E-state index in [0.717, 1.165) is 31.7 Å². The van der Waals surface area contributed by atoms with E-state index in [4.69, 9.17) is 4.74 Å². The lowest BCUT2D eigenvalue weighted by Crippen LogP contribution is -2.86. The maximum absolute atomic E-state index is 11.2. The van der Waals surface area contributed by atoms with Crippen molar-refractivity contribution in [2.45, 2.75) is 18.9 Å². The van der Waals surface area contributed by atoms with E-state index in [-0.39, 0.29) is 5.97 Å². The van der Waals surface area contributed by atoms with Crippen LogP contribution in [-0.4, -0.2) is 32.3 Å². The van der Waals surface area contributed by atoms with Gasteiger partial charge in [-0.3, -0.25) is 0 Å². The first-order valence-corrected chi connectivity index (χ1v) is 5.96. The number of carbonyl (C=O) groups excluding carboxylic acids is 1. The molecule has 0 aliphatic carbocycles. The molecule has 1 aromatic rings. The third kappa shape index (κ3) is 3.20. The molecule has 1 aliphatic heterocycles. The van der Waals surface area contributed by atoms with Gasteiger partial charge in [0.2, 0.25) is 0 Å². The quantitative estimate of drug-likeness (QED) is 0.781. The molecule has 0 saturated carbocycles. The third-order valence-electron chi connectivity index (χ3n) is 2.96. The molecule has 17 heavy (non-hydrogen) atoms. The summed E-state index contributed by atoms with van der Waals surface area (Å²) in [4.78, 5) is 11.2. The molecule has 0 unspecified atom stereocenters. The van der Waals surface area contributed by atoms with E-state index in [1.54, 1.807) is 12.1 Å². The lowest BCUT2D eigenvalue weighted by Gasteiger charge is -2.21. The van der Waals surface area contributed by atoms with E-state index in [1.165, 1.54) is 7.11 Å². The van der Waals surface area contributed by atoms with Crippen LogP contribution in [0.3, 0.4) is 0 Å². The van der Waals surface area contributed by atoms with Gasteiger partial charge in [0.15, 0.2) is 0 Å². The molecule has 1 heterocycles. The molecule has 2 rings (SSSR count). The zero-order valence-electron chi connectivity index (χ0n) is 10.0. The highest BCUT2D eigenvalue weighted by molar-refractivity contribution is 5.89. The number of benzene rings is 1. The van der Waals surface area contributed by atoms with Crippen molar-refractivity contribution in [1.82, 2.24) is 0 Å². The first kappa shape index (κ1) is 11.9. The number of esters is 1. The highest BCUT2D eigenvalue weighted by atomic mass is 16.5. The Morgan fingerprint density at radius 1 is 1.24 bits per heavy atom. The Morgan fingerprint density at radius 2 is 1.88 bits per heavy atom. The summed E-state index contributed by atoms with van der Waals surface area (Å²) < 4.78 is 10.5. The Hall–Kier alpha value is -1.55. The summed E-state index contributed by atoms with van der Waals surface area (Å²) in [5.41, 5.74) is 0.553. The van der Waals surface area contributed by atoms with E-state index in [1.807, 2.05) is 12.1 Å². The molecule has 0 bridgehead atoms. The van der Waals surface area contributed by atoms with E-state index in [9.17, 15) is 4.79 Å². The Kier molecular flexibility index (Phi) is 3.98. The maximum atomic E-state index is 11.2. The number of hydrogen-bond donors (Lipinski definition) is 1. The predicted molar refractivity (Wildman–Crippen MR) is 63.1 cm³/mol. The SMILES string of the molecule is COC(=O)c1ccc(OC2CC[NH2+]CC2)cc1. The minimum Gasteiger partial charge on any atom is -0.490 e. The fourth-order valence-corrected chi connectivity index (χ4v) is 1.99. The standard InChI is InChI=1S/C13H17NO3/c1-16-13(15)10-2-4-11(5-3-10)17-12-6-8-14-9-7-12/h2-5,12,14H,6-9H2,1H3/p+1.